The quantitative estimate of drug-likeness (QED) is 0.531. The number of carbonyl (C=O) groups is 1. The molecule has 7 heteroatoms. The lowest BCUT2D eigenvalue weighted by atomic mass is 10.0. The molecule has 1 saturated heterocycles. The summed E-state index contributed by atoms with van der Waals surface area (Å²) in [6, 6.07) is 11.2. The Labute approximate surface area is 187 Å². The van der Waals surface area contributed by atoms with Crippen molar-refractivity contribution in [1.82, 2.24) is 14.8 Å². The number of rotatable bonds is 7. The number of aryl methyl sites for hydroxylation is 2. The number of amides is 1. The number of carbonyl (C=O) groups excluding carboxylic acids is 1. The Morgan fingerprint density at radius 3 is 2.66 bits per heavy atom. The van der Waals surface area contributed by atoms with Crippen molar-refractivity contribution in [3.63, 3.8) is 0 Å². The first-order valence-corrected chi connectivity index (χ1v) is 11.0. The molecule has 0 unspecified atom stereocenters. The highest BCUT2D eigenvalue weighted by Gasteiger charge is 2.21. The predicted octanol–water partition coefficient (Wildman–Crippen LogP) is 2.82. The Bertz CT molecular complexity index is 1140. The smallest absolute Gasteiger partial charge is 0.336 e. The van der Waals surface area contributed by atoms with Gasteiger partial charge in [0.1, 0.15) is 11.3 Å². The second-order valence-corrected chi connectivity index (χ2v) is 8.20. The van der Waals surface area contributed by atoms with Crippen molar-refractivity contribution in [2.24, 2.45) is 0 Å². The van der Waals surface area contributed by atoms with Crippen LogP contribution in [0.5, 0.6) is 5.75 Å². The van der Waals surface area contributed by atoms with Gasteiger partial charge < -0.3 is 14.1 Å². The van der Waals surface area contributed by atoms with E-state index in [4.69, 9.17) is 9.15 Å². The van der Waals surface area contributed by atoms with Gasteiger partial charge in [-0.3, -0.25) is 14.7 Å². The normalized spacial score (nSPS) is 14.6. The van der Waals surface area contributed by atoms with Crippen LogP contribution in [0.1, 0.15) is 23.2 Å². The molecular weight excluding hydrogens is 406 g/mol. The Balaban J connectivity index is 1.32. The SMILES string of the molecule is COc1cc2oc(=O)cc(C)c2cc1CCC(=O)N1CCN(CCc2ccccn2)CC1. The fraction of sp³-hybridized carbons (Fsp3) is 0.400. The largest absolute Gasteiger partial charge is 0.496 e. The van der Waals surface area contributed by atoms with Crippen molar-refractivity contribution in [2.75, 3.05) is 39.8 Å². The zero-order valence-corrected chi connectivity index (χ0v) is 18.7. The molecule has 1 aliphatic heterocycles. The lowest BCUT2D eigenvalue weighted by Crippen LogP contribution is -2.49. The molecule has 168 valence electrons. The molecule has 32 heavy (non-hydrogen) atoms. The number of pyridine rings is 1. The van der Waals surface area contributed by atoms with Gasteiger partial charge in [0, 0.05) is 75.0 Å². The maximum absolute atomic E-state index is 12.8. The van der Waals surface area contributed by atoms with Crippen molar-refractivity contribution < 1.29 is 13.9 Å². The molecule has 0 bridgehead atoms. The van der Waals surface area contributed by atoms with Gasteiger partial charge in [-0.05, 0) is 42.7 Å². The van der Waals surface area contributed by atoms with Crippen LogP contribution in [0.25, 0.3) is 11.0 Å². The van der Waals surface area contributed by atoms with Crippen molar-refractivity contribution in [1.29, 1.82) is 0 Å². The molecule has 2 aromatic heterocycles. The standard InChI is InChI=1S/C25H29N3O4/c1-18-15-25(30)32-23-17-22(31-2)19(16-21(18)23)6-7-24(29)28-13-11-27(12-14-28)10-8-20-5-3-4-9-26-20/h3-5,9,15-17H,6-8,10-14H2,1-2H3. The van der Waals surface area contributed by atoms with E-state index in [1.807, 2.05) is 36.2 Å². The third-order valence-electron chi connectivity index (χ3n) is 6.10. The van der Waals surface area contributed by atoms with E-state index in [1.54, 1.807) is 13.2 Å². The fourth-order valence-corrected chi connectivity index (χ4v) is 4.22. The molecule has 1 amide bonds. The minimum absolute atomic E-state index is 0.160. The van der Waals surface area contributed by atoms with E-state index in [0.717, 1.165) is 61.4 Å². The summed E-state index contributed by atoms with van der Waals surface area (Å²) in [5.41, 5.74) is 3.03. The molecule has 0 N–H and O–H groups in total. The lowest BCUT2D eigenvalue weighted by Gasteiger charge is -2.34. The molecule has 0 atom stereocenters. The summed E-state index contributed by atoms with van der Waals surface area (Å²) in [6.45, 7) is 6.11. The minimum Gasteiger partial charge on any atom is -0.496 e. The second kappa shape index (κ2) is 9.96. The van der Waals surface area contributed by atoms with Crippen LogP contribution >= 0.6 is 0 Å². The third-order valence-corrected chi connectivity index (χ3v) is 6.10. The molecule has 4 rings (SSSR count). The third kappa shape index (κ3) is 5.16. The summed E-state index contributed by atoms with van der Waals surface area (Å²) in [6.07, 6.45) is 3.76. The molecule has 0 spiro atoms. The van der Waals surface area contributed by atoms with Crippen molar-refractivity contribution in [3.8, 4) is 5.75 Å². The molecule has 0 radical (unpaired) electrons. The van der Waals surface area contributed by atoms with Gasteiger partial charge in [0.25, 0.3) is 0 Å². The first-order chi connectivity index (χ1) is 15.5. The molecule has 7 nitrogen and oxygen atoms in total. The van der Waals surface area contributed by atoms with Gasteiger partial charge in [-0.25, -0.2) is 4.79 Å². The first kappa shape index (κ1) is 22.0. The number of piperazine rings is 1. The summed E-state index contributed by atoms with van der Waals surface area (Å²) in [7, 11) is 1.59. The van der Waals surface area contributed by atoms with E-state index < -0.39 is 0 Å². The van der Waals surface area contributed by atoms with Gasteiger partial charge in [-0.15, -0.1) is 0 Å². The van der Waals surface area contributed by atoms with Crippen LogP contribution in [-0.4, -0.2) is 60.5 Å². The molecule has 1 aromatic carbocycles. The van der Waals surface area contributed by atoms with Crippen molar-refractivity contribution in [3.05, 3.63) is 69.8 Å². The summed E-state index contributed by atoms with van der Waals surface area (Å²) >= 11 is 0. The Morgan fingerprint density at radius 2 is 1.94 bits per heavy atom. The minimum atomic E-state index is -0.376. The van der Waals surface area contributed by atoms with E-state index in [0.29, 0.717) is 24.2 Å². The number of hydrogen-bond acceptors (Lipinski definition) is 6. The summed E-state index contributed by atoms with van der Waals surface area (Å²) in [5.74, 6) is 0.797. The van der Waals surface area contributed by atoms with E-state index in [2.05, 4.69) is 16.0 Å². The zero-order valence-electron chi connectivity index (χ0n) is 18.7. The van der Waals surface area contributed by atoms with Gasteiger partial charge >= 0.3 is 5.63 Å². The number of hydrogen-bond donors (Lipinski definition) is 0. The van der Waals surface area contributed by atoms with Crippen molar-refractivity contribution >= 4 is 16.9 Å². The predicted molar refractivity (Wildman–Crippen MR) is 123 cm³/mol. The van der Waals surface area contributed by atoms with E-state index in [9.17, 15) is 9.59 Å². The van der Waals surface area contributed by atoms with E-state index >= 15 is 0 Å². The van der Waals surface area contributed by atoms with Crippen LogP contribution in [0.4, 0.5) is 0 Å². The van der Waals surface area contributed by atoms with E-state index in [1.165, 1.54) is 6.07 Å². The van der Waals surface area contributed by atoms with Gasteiger partial charge in [0.15, 0.2) is 0 Å². The number of methoxy groups -OCH3 is 1. The van der Waals surface area contributed by atoms with Crippen LogP contribution in [0, 0.1) is 6.92 Å². The number of ether oxygens (including phenoxy) is 1. The van der Waals surface area contributed by atoms with Crippen LogP contribution in [0.15, 0.2) is 51.8 Å². The average molecular weight is 436 g/mol. The number of fused-ring (bicyclic) bond motifs is 1. The van der Waals surface area contributed by atoms with Gasteiger partial charge in [0.05, 0.1) is 7.11 Å². The molecule has 3 heterocycles. The van der Waals surface area contributed by atoms with Gasteiger partial charge in [0.2, 0.25) is 5.91 Å². The Hall–Kier alpha value is -3.19. The number of aromatic nitrogens is 1. The topological polar surface area (TPSA) is 75.9 Å². The number of nitrogens with zero attached hydrogens (tertiary/aromatic N) is 3. The highest BCUT2D eigenvalue weighted by Crippen LogP contribution is 2.28. The second-order valence-electron chi connectivity index (χ2n) is 8.20. The zero-order chi connectivity index (χ0) is 22.5. The lowest BCUT2D eigenvalue weighted by molar-refractivity contribution is -0.132. The van der Waals surface area contributed by atoms with Crippen LogP contribution in [-0.2, 0) is 17.6 Å². The Kier molecular flexibility index (Phi) is 6.85. The molecule has 0 saturated carbocycles. The summed E-state index contributed by atoms with van der Waals surface area (Å²) in [5, 5.41) is 0.870. The molecule has 0 aliphatic carbocycles. The van der Waals surface area contributed by atoms with Crippen LogP contribution < -0.4 is 10.4 Å². The highest BCUT2D eigenvalue weighted by atomic mass is 16.5. The first-order valence-electron chi connectivity index (χ1n) is 11.0. The van der Waals surface area contributed by atoms with Gasteiger partial charge in [-0.2, -0.15) is 0 Å². The highest BCUT2D eigenvalue weighted by molar-refractivity contribution is 5.83. The molecule has 1 fully saturated rings. The average Bonchev–Trinajstić information content (AvgIpc) is 2.81. The maximum atomic E-state index is 12.8. The van der Waals surface area contributed by atoms with E-state index in [-0.39, 0.29) is 11.5 Å². The van der Waals surface area contributed by atoms with Crippen molar-refractivity contribution in [2.45, 2.75) is 26.2 Å². The maximum Gasteiger partial charge on any atom is 0.336 e. The monoisotopic (exact) mass is 435 g/mol. The Morgan fingerprint density at radius 1 is 1.12 bits per heavy atom. The molecular formula is C25H29N3O4. The summed E-state index contributed by atoms with van der Waals surface area (Å²) in [4.78, 5) is 33.2. The number of benzene rings is 1. The van der Waals surface area contributed by atoms with Gasteiger partial charge in [-0.1, -0.05) is 6.07 Å². The molecule has 3 aromatic rings. The fourth-order valence-electron chi connectivity index (χ4n) is 4.22. The van der Waals surface area contributed by atoms with Crippen LogP contribution in [0.2, 0.25) is 0 Å². The van der Waals surface area contributed by atoms with Crippen LogP contribution in [0.3, 0.4) is 0 Å². The molecule has 1 aliphatic rings. The summed E-state index contributed by atoms with van der Waals surface area (Å²) < 4.78 is 10.8.